The fourth-order valence-corrected chi connectivity index (χ4v) is 3.97. The van der Waals surface area contributed by atoms with E-state index >= 15 is 0 Å². The molecule has 0 aliphatic heterocycles. The van der Waals surface area contributed by atoms with Crippen molar-refractivity contribution in [2.45, 2.75) is 23.9 Å². The number of thiophene rings is 1. The molecule has 0 spiro atoms. The molecular weight excluding hydrogens is 382 g/mol. The number of benzene rings is 1. The van der Waals surface area contributed by atoms with Crippen LogP contribution in [0.3, 0.4) is 0 Å². The molecule has 0 unspecified atom stereocenters. The molecule has 7 nitrogen and oxygen atoms in total. The topological polar surface area (TPSA) is 78.9 Å². The minimum absolute atomic E-state index is 0.543. The predicted molar refractivity (Wildman–Crippen MR) is 104 cm³/mol. The minimum atomic E-state index is 0.543. The van der Waals surface area contributed by atoms with Crippen LogP contribution in [0.2, 0.25) is 0 Å². The molecular formula is C18H17N5O2S2. The zero-order valence-corrected chi connectivity index (χ0v) is 16.2. The Hall–Kier alpha value is -2.65. The van der Waals surface area contributed by atoms with Crippen molar-refractivity contribution >= 4 is 23.1 Å². The molecule has 0 saturated heterocycles. The molecule has 9 heteroatoms. The molecule has 3 heterocycles. The van der Waals surface area contributed by atoms with E-state index in [0.717, 1.165) is 29.4 Å². The lowest BCUT2D eigenvalue weighted by atomic mass is 10.2. The summed E-state index contributed by atoms with van der Waals surface area (Å²) in [6.07, 6.45) is 2.72. The summed E-state index contributed by atoms with van der Waals surface area (Å²) in [5.74, 6) is 2.45. The van der Waals surface area contributed by atoms with Crippen molar-refractivity contribution in [1.29, 1.82) is 0 Å². The van der Waals surface area contributed by atoms with Crippen molar-refractivity contribution in [3.05, 3.63) is 58.9 Å². The van der Waals surface area contributed by atoms with E-state index in [2.05, 4.69) is 37.9 Å². The van der Waals surface area contributed by atoms with Crippen LogP contribution in [0.15, 0.2) is 57.8 Å². The van der Waals surface area contributed by atoms with Gasteiger partial charge in [-0.05, 0) is 42.1 Å². The molecule has 4 aromatic rings. The third-order valence-electron chi connectivity index (χ3n) is 3.90. The van der Waals surface area contributed by atoms with Gasteiger partial charge in [0.25, 0.3) is 0 Å². The van der Waals surface area contributed by atoms with Gasteiger partial charge in [-0.3, -0.25) is 0 Å². The Bertz CT molecular complexity index is 980. The SMILES string of the molecule is COc1ccc(-c2noc(CSc3nncn3CCc3cccs3)n2)cc1. The van der Waals surface area contributed by atoms with E-state index in [0.29, 0.717) is 17.5 Å². The van der Waals surface area contributed by atoms with Crippen molar-refractivity contribution in [2.75, 3.05) is 7.11 Å². The minimum Gasteiger partial charge on any atom is -0.497 e. The second-order valence-electron chi connectivity index (χ2n) is 5.67. The van der Waals surface area contributed by atoms with Crippen LogP contribution in [-0.4, -0.2) is 32.0 Å². The molecule has 0 aliphatic rings. The summed E-state index contributed by atoms with van der Waals surface area (Å²) < 4.78 is 12.6. The van der Waals surface area contributed by atoms with Gasteiger partial charge in [0.05, 0.1) is 12.9 Å². The highest BCUT2D eigenvalue weighted by Gasteiger charge is 2.12. The number of thioether (sulfide) groups is 1. The zero-order valence-electron chi connectivity index (χ0n) is 14.6. The summed E-state index contributed by atoms with van der Waals surface area (Å²) in [5, 5.41) is 15.2. The fourth-order valence-electron chi connectivity index (χ4n) is 2.49. The van der Waals surface area contributed by atoms with Crippen molar-refractivity contribution in [3.8, 4) is 17.1 Å². The highest BCUT2D eigenvalue weighted by Crippen LogP contribution is 2.24. The van der Waals surface area contributed by atoms with E-state index in [1.165, 1.54) is 16.6 Å². The Morgan fingerprint density at radius 2 is 2.11 bits per heavy atom. The summed E-state index contributed by atoms with van der Waals surface area (Å²) in [5.41, 5.74) is 0.884. The first-order valence-corrected chi connectivity index (χ1v) is 10.2. The second-order valence-corrected chi connectivity index (χ2v) is 7.64. The Kier molecular flexibility index (Phi) is 5.50. The number of nitrogens with zero attached hydrogens (tertiary/aromatic N) is 5. The summed E-state index contributed by atoms with van der Waals surface area (Å²) in [6, 6.07) is 11.8. The van der Waals surface area contributed by atoms with Crippen molar-refractivity contribution in [1.82, 2.24) is 24.9 Å². The van der Waals surface area contributed by atoms with Gasteiger partial charge < -0.3 is 13.8 Å². The van der Waals surface area contributed by atoms with Crippen LogP contribution >= 0.6 is 23.1 Å². The van der Waals surface area contributed by atoms with Crippen LogP contribution in [0, 0.1) is 0 Å². The summed E-state index contributed by atoms with van der Waals surface area (Å²) >= 11 is 3.30. The molecule has 0 fully saturated rings. The van der Waals surface area contributed by atoms with Gasteiger partial charge in [-0.15, -0.1) is 21.5 Å². The van der Waals surface area contributed by atoms with Gasteiger partial charge in [-0.25, -0.2) is 0 Å². The normalized spacial score (nSPS) is 11.0. The van der Waals surface area contributed by atoms with Gasteiger partial charge >= 0.3 is 0 Å². The molecule has 3 aromatic heterocycles. The third-order valence-corrected chi connectivity index (χ3v) is 5.80. The molecule has 0 bridgehead atoms. The van der Waals surface area contributed by atoms with Crippen molar-refractivity contribution in [2.24, 2.45) is 0 Å². The Labute approximate surface area is 164 Å². The van der Waals surface area contributed by atoms with E-state index in [9.17, 15) is 0 Å². The van der Waals surface area contributed by atoms with Crippen LogP contribution in [0.4, 0.5) is 0 Å². The number of rotatable bonds is 8. The highest BCUT2D eigenvalue weighted by molar-refractivity contribution is 7.98. The first-order chi connectivity index (χ1) is 13.3. The molecule has 138 valence electrons. The smallest absolute Gasteiger partial charge is 0.237 e. The highest BCUT2D eigenvalue weighted by atomic mass is 32.2. The first-order valence-electron chi connectivity index (χ1n) is 8.32. The van der Waals surface area contributed by atoms with E-state index in [1.807, 2.05) is 28.8 Å². The van der Waals surface area contributed by atoms with Gasteiger partial charge in [-0.2, -0.15) is 4.98 Å². The Balaban J connectivity index is 1.37. The number of aromatic nitrogens is 5. The third kappa shape index (κ3) is 4.37. The van der Waals surface area contributed by atoms with E-state index in [4.69, 9.17) is 9.26 Å². The summed E-state index contributed by atoms with van der Waals surface area (Å²) in [4.78, 5) is 5.80. The van der Waals surface area contributed by atoms with E-state index in [1.54, 1.807) is 24.8 Å². The molecule has 4 rings (SSSR count). The first kappa shape index (κ1) is 17.7. The standard InChI is InChI=1S/C18H17N5O2S2/c1-24-14-6-4-13(5-7-14)17-20-16(25-22-17)11-27-18-21-19-12-23(18)9-8-15-3-2-10-26-15/h2-7,10,12H,8-9,11H2,1H3. The number of hydrogen-bond acceptors (Lipinski definition) is 8. The van der Waals surface area contributed by atoms with Crippen LogP contribution in [0.25, 0.3) is 11.4 Å². The number of hydrogen-bond donors (Lipinski definition) is 0. The lowest BCUT2D eigenvalue weighted by Crippen LogP contribution is -2.01. The summed E-state index contributed by atoms with van der Waals surface area (Å²) in [7, 11) is 1.64. The molecule has 0 atom stereocenters. The monoisotopic (exact) mass is 399 g/mol. The quantitative estimate of drug-likeness (QED) is 0.415. The largest absolute Gasteiger partial charge is 0.497 e. The molecule has 0 N–H and O–H groups in total. The lowest BCUT2D eigenvalue weighted by molar-refractivity contribution is 0.391. The maximum atomic E-state index is 5.36. The van der Waals surface area contributed by atoms with Gasteiger partial charge in [0.1, 0.15) is 12.1 Å². The van der Waals surface area contributed by atoms with Crippen LogP contribution in [-0.2, 0) is 18.7 Å². The fraction of sp³-hybridized carbons (Fsp3) is 0.222. The van der Waals surface area contributed by atoms with E-state index < -0.39 is 0 Å². The average molecular weight is 400 g/mol. The number of methoxy groups -OCH3 is 1. The number of ether oxygens (including phenoxy) is 1. The lowest BCUT2D eigenvalue weighted by Gasteiger charge is -2.03. The Morgan fingerprint density at radius 1 is 1.22 bits per heavy atom. The predicted octanol–water partition coefficient (Wildman–Crippen LogP) is 3.93. The molecule has 27 heavy (non-hydrogen) atoms. The van der Waals surface area contributed by atoms with Gasteiger partial charge in [0.15, 0.2) is 5.16 Å². The summed E-state index contributed by atoms with van der Waals surface area (Å²) in [6.45, 7) is 0.844. The van der Waals surface area contributed by atoms with Gasteiger partial charge in [0, 0.05) is 17.0 Å². The maximum Gasteiger partial charge on any atom is 0.237 e. The van der Waals surface area contributed by atoms with Gasteiger partial charge in [-0.1, -0.05) is 23.0 Å². The molecule has 0 aliphatic carbocycles. The average Bonchev–Trinajstić information content (AvgIpc) is 3.46. The number of aryl methyl sites for hydroxylation is 2. The second kappa shape index (κ2) is 8.36. The molecule has 0 amide bonds. The van der Waals surface area contributed by atoms with Crippen LogP contribution in [0.5, 0.6) is 5.75 Å². The molecule has 1 aromatic carbocycles. The molecule has 0 radical (unpaired) electrons. The molecule has 0 saturated carbocycles. The maximum absolute atomic E-state index is 5.36. The van der Waals surface area contributed by atoms with E-state index in [-0.39, 0.29) is 0 Å². The van der Waals surface area contributed by atoms with Crippen LogP contribution in [0.1, 0.15) is 10.8 Å². The van der Waals surface area contributed by atoms with Crippen molar-refractivity contribution < 1.29 is 9.26 Å². The Morgan fingerprint density at radius 3 is 2.89 bits per heavy atom. The zero-order chi connectivity index (χ0) is 18.5. The van der Waals surface area contributed by atoms with Crippen molar-refractivity contribution in [3.63, 3.8) is 0 Å². The van der Waals surface area contributed by atoms with Crippen LogP contribution < -0.4 is 4.74 Å². The van der Waals surface area contributed by atoms with Gasteiger partial charge in [0.2, 0.25) is 11.7 Å².